The van der Waals surface area contributed by atoms with E-state index in [0.29, 0.717) is 22.9 Å². The molecule has 30 heavy (non-hydrogen) atoms. The number of hydrogen-bond donors (Lipinski definition) is 1. The smallest absolute Gasteiger partial charge is 0.262 e. The second-order valence-electron chi connectivity index (χ2n) is 8.80. The quantitative estimate of drug-likeness (QED) is 0.723. The minimum Gasteiger partial charge on any atom is -0.310 e. The van der Waals surface area contributed by atoms with Crippen LogP contribution in [0, 0.1) is 17.2 Å². The zero-order chi connectivity index (χ0) is 20.7. The number of likely N-dealkylation sites (tertiary alicyclic amines) is 1. The van der Waals surface area contributed by atoms with Crippen LogP contribution in [0.2, 0.25) is 0 Å². The SMILES string of the molecule is CC1CN(Cc2ccc(C#N)cc2)CC1c1nc2c(cnn2C2CCCC2)c(=O)[nH]1. The Kier molecular flexibility index (Phi) is 4.87. The van der Waals surface area contributed by atoms with Crippen molar-refractivity contribution in [1.82, 2.24) is 24.6 Å². The molecular formula is C23H26N6O. The first-order valence-electron chi connectivity index (χ1n) is 10.8. The molecule has 1 saturated heterocycles. The van der Waals surface area contributed by atoms with Crippen LogP contribution in [0.3, 0.4) is 0 Å². The normalized spacial score (nSPS) is 22.7. The van der Waals surface area contributed by atoms with E-state index in [9.17, 15) is 4.79 Å². The number of benzene rings is 1. The van der Waals surface area contributed by atoms with Crippen LogP contribution >= 0.6 is 0 Å². The van der Waals surface area contributed by atoms with Gasteiger partial charge >= 0.3 is 0 Å². The van der Waals surface area contributed by atoms with Crippen LogP contribution in [0.4, 0.5) is 0 Å². The number of H-pyrrole nitrogens is 1. The van der Waals surface area contributed by atoms with Crippen molar-refractivity contribution in [3.63, 3.8) is 0 Å². The fourth-order valence-corrected chi connectivity index (χ4v) is 5.04. The zero-order valence-corrected chi connectivity index (χ0v) is 17.2. The molecular weight excluding hydrogens is 376 g/mol. The van der Waals surface area contributed by atoms with Crippen LogP contribution in [0.25, 0.3) is 11.0 Å². The predicted molar refractivity (Wildman–Crippen MR) is 114 cm³/mol. The van der Waals surface area contributed by atoms with Crippen LogP contribution < -0.4 is 5.56 Å². The van der Waals surface area contributed by atoms with Crippen molar-refractivity contribution in [1.29, 1.82) is 5.26 Å². The Labute approximate surface area is 175 Å². The summed E-state index contributed by atoms with van der Waals surface area (Å²) in [4.78, 5) is 23.1. The fourth-order valence-electron chi connectivity index (χ4n) is 5.04. The summed E-state index contributed by atoms with van der Waals surface area (Å²) in [5.74, 6) is 1.36. The molecule has 7 nitrogen and oxygen atoms in total. The Morgan fingerprint density at radius 1 is 1.20 bits per heavy atom. The van der Waals surface area contributed by atoms with E-state index < -0.39 is 0 Å². The largest absolute Gasteiger partial charge is 0.310 e. The van der Waals surface area contributed by atoms with E-state index >= 15 is 0 Å². The Morgan fingerprint density at radius 2 is 1.97 bits per heavy atom. The second kappa shape index (κ2) is 7.69. The minimum absolute atomic E-state index is 0.0861. The van der Waals surface area contributed by atoms with Crippen molar-refractivity contribution in [2.45, 2.75) is 51.1 Å². The molecule has 2 aromatic heterocycles. The average molecular weight is 403 g/mol. The lowest BCUT2D eigenvalue weighted by molar-refractivity contribution is 0.318. The number of rotatable bonds is 4. The van der Waals surface area contributed by atoms with E-state index in [1.54, 1.807) is 6.20 Å². The summed E-state index contributed by atoms with van der Waals surface area (Å²) < 4.78 is 1.98. The van der Waals surface area contributed by atoms with Crippen molar-refractivity contribution in [3.8, 4) is 6.07 Å². The van der Waals surface area contributed by atoms with Gasteiger partial charge in [0.1, 0.15) is 11.2 Å². The number of nitrogens with one attached hydrogen (secondary N) is 1. The lowest BCUT2D eigenvalue weighted by atomic mass is 9.97. The highest BCUT2D eigenvalue weighted by molar-refractivity contribution is 5.73. The van der Waals surface area contributed by atoms with E-state index in [1.165, 1.54) is 18.4 Å². The summed E-state index contributed by atoms with van der Waals surface area (Å²) in [5, 5.41) is 14.1. The first-order valence-corrected chi connectivity index (χ1v) is 10.8. The van der Waals surface area contributed by atoms with Crippen LogP contribution in [-0.4, -0.2) is 37.7 Å². The van der Waals surface area contributed by atoms with Crippen molar-refractivity contribution in [2.75, 3.05) is 13.1 Å². The molecule has 0 spiro atoms. The topological polar surface area (TPSA) is 90.6 Å². The second-order valence-corrected chi connectivity index (χ2v) is 8.80. The molecule has 1 aliphatic carbocycles. The van der Waals surface area contributed by atoms with Gasteiger partial charge in [0.2, 0.25) is 0 Å². The van der Waals surface area contributed by atoms with Gasteiger partial charge in [-0.25, -0.2) is 9.67 Å². The number of fused-ring (bicyclic) bond motifs is 1. The fraction of sp³-hybridized carbons (Fsp3) is 0.478. The molecule has 2 unspecified atom stereocenters. The molecule has 7 heteroatoms. The third kappa shape index (κ3) is 3.41. The van der Waals surface area contributed by atoms with Gasteiger partial charge < -0.3 is 4.98 Å². The third-order valence-corrected chi connectivity index (χ3v) is 6.68. The van der Waals surface area contributed by atoms with E-state index in [1.807, 2.05) is 28.9 Å². The lowest BCUT2D eigenvalue weighted by Gasteiger charge is -2.16. The molecule has 2 aliphatic rings. The van der Waals surface area contributed by atoms with E-state index in [0.717, 1.165) is 43.9 Å². The van der Waals surface area contributed by atoms with Crippen LogP contribution in [0.5, 0.6) is 0 Å². The number of hydrogen-bond acceptors (Lipinski definition) is 5. The maximum absolute atomic E-state index is 12.7. The Bertz CT molecular complexity index is 1150. The number of aromatic nitrogens is 4. The monoisotopic (exact) mass is 402 g/mol. The van der Waals surface area contributed by atoms with E-state index in [-0.39, 0.29) is 11.5 Å². The molecule has 1 aliphatic heterocycles. The highest BCUT2D eigenvalue weighted by Gasteiger charge is 2.33. The predicted octanol–water partition coefficient (Wildman–Crippen LogP) is 3.34. The van der Waals surface area contributed by atoms with Gasteiger partial charge in [-0.05, 0) is 36.5 Å². The standard InChI is InChI=1S/C23H26N6O/c1-15-12-28(13-17-8-6-16(10-24)7-9-17)14-20(15)21-26-22-19(23(30)27-21)11-25-29(22)18-4-2-3-5-18/h6-9,11,15,18,20H,2-5,12-14H2,1H3,(H,26,27,30). The van der Waals surface area contributed by atoms with Gasteiger partial charge in [0.05, 0.1) is 23.9 Å². The minimum atomic E-state index is -0.0861. The van der Waals surface area contributed by atoms with Gasteiger partial charge in [0.25, 0.3) is 5.56 Å². The van der Waals surface area contributed by atoms with Crippen LogP contribution in [-0.2, 0) is 6.54 Å². The summed E-state index contributed by atoms with van der Waals surface area (Å²) in [7, 11) is 0. The van der Waals surface area contributed by atoms with Crippen LogP contribution in [0.1, 0.15) is 61.5 Å². The van der Waals surface area contributed by atoms with Gasteiger partial charge in [-0.3, -0.25) is 9.69 Å². The van der Waals surface area contributed by atoms with Crippen molar-refractivity contribution in [2.24, 2.45) is 5.92 Å². The number of aromatic amines is 1. The van der Waals surface area contributed by atoms with Crippen molar-refractivity contribution >= 4 is 11.0 Å². The lowest BCUT2D eigenvalue weighted by Crippen LogP contribution is -2.21. The molecule has 3 aromatic rings. The van der Waals surface area contributed by atoms with Gasteiger partial charge in [-0.2, -0.15) is 10.4 Å². The number of nitrogens with zero attached hydrogens (tertiary/aromatic N) is 5. The van der Waals surface area contributed by atoms with Crippen molar-refractivity contribution < 1.29 is 0 Å². The summed E-state index contributed by atoms with van der Waals surface area (Å²) >= 11 is 0. The molecule has 2 fully saturated rings. The van der Waals surface area contributed by atoms with Gasteiger partial charge in [0.15, 0.2) is 5.65 Å². The third-order valence-electron chi connectivity index (χ3n) is 6.68. The highest BCUT2D eigenvalue weighted by Crippen LogP contribution is 2.33. The Morgan fingerprint density at radius 3 is 2.70 bits per heavy atom. The summed E-state index contributed by atoms with van der Waals surface area (Å²) in [6, 6.07) is 10.3. The Balaban J connectivity index is 1.39. The molecule has 154 valence electrons. The molecule has 2 atom stereocenters. The maximum atomic E-state index is 12.7. The summed E-state index contributed by atoms with van der Waals surface area (Å²) in [6.45, 7) is 4.86. The molecule has 3 heterocycles. The maximum Gasteiger partial charge on any atom is 0.262 e. The van der Waals surface area contributed by atoms with Gasteiger partial charge in [-0.15, -0.1) is 0 Å². The first kappa shape index (κ1) is 19.0. The van der Waals surface area contributed by atoms with E-state index in [4.69, 9.17) is 10.2 Å². The van der Waals surface area contributed by atoms with Gasteiger partial charge in [-0.1, -0.05) is 31.9 Å². The van der Waals surface area contributed by atoms with Gasteiger partial charge in [0, 0.05) is 25.6 Å². The molecule has 5 rings (SSSR count). The molecule has 0 amide bonds. The molecule has 0 bridgehead atoms. The summed E-state index contributed by atoms with van der Waals surface area (Å²) in [6.07, 6.45) is 6.31. The molecule has 1 saturated carbocycles. The molecule has 1 aromatic carbocycles. The zero-order valence-electron chi connectivity index (χ0n) is 17.2. The first-order chi connectivity index (χ1) is 14.6. The van der Waals surface area contributed by atoms with Crippen molar-refractivity contribution in [3.05, 3.63) is 57.8 Å². The highest BCUT2D eigenvalue weighted by atomic mass is 16.1. The number of nitriles is 1. The summed E-state index contributed by atoms with van der Waals surface area (Å²) in [5.41, 5.74) is 2.52. The molecule has 0 radical (unpaired) electrons. The Hall–Kier alpha value is -2.98. The van der Waals surface area contributed by atoms with E-state index in [2.05, 4.69) is 28.0 Å². The average Bonchev–Trinajstić information content (AvgIpc) is 3.48. The van der Waals surface area contributed by atoms with Crippen LogP contribution in [0.15, 0.2) is 35.3 Å². The molecule has 1 N–H and O–H groups in total.